The maximum absolute atomic E-state index is 12.3. The molecular weight excluding hydrogens is 322 g/mol. The standard InChI is InChI=1S/C18H21N3O4/c1-11(2)15-19-16(18(6-7-18)17(22)23-3)21(20-15)12-4-5-13-14(10-12)25-9-8-24-13/h4-5,10-11H,6-9H2,1-3H3. The molecule has 0 spiro atoms. The predicted octanol–water partition coefficient (Wildman–Crippen LogP) is 2.37. The SMILES string of the molecule is COC(=O)C1(c2nc(C(C)C)nn2-c2ccc3c(c2)OCCO3)CC1. The number of fused-ring (bicyclic) bond motifs is 1. The molecule has 1 aliphatic heterocycles. The van der Waals surface area contributed by atoms with Crippen molar-refractivity contribution in [2.45, 2.75) is 38.0 Å². The first-order valence-corrected chi connectivity index (χ1v) is 8.51. The largest absolute Gasteiger partial charge is 0.486 e. The van der Waals surface area contributed by atoms with Crippen molar-refractivity contribution >= 4 is 5.97 Å². The summed E-state index contributed by atoms with van der Waals surface area (Å²) >= 11 is 0. The Morgan fingerprint density at radius 2 is 1.96 bits per heavy atom. The number of nitrogens with zero attached hydrogens (tertiary/aromatic N) is 3. The van der Waals surface area contributed by atoms with Gasteiger partial charge in [-0.05, 0) is 25.0 Å². The summed E-state index contributed by atoms with van der Waals surface area (Å²) in [6.45, 7) is 5.13. The Hall–Kier alpha value is -2.57. The van der Waals surface area contributed by atoms with Crippen LogP contribution < -0.4 is 9.47 Å². The maximum Gasteiger partial charge on any atom is 0.319 e. The van der Waals surface area contributed by atoms with Crippen molar-refractivity contribution in [2.75, 3.05) is 20.3 Å². The van der Waals surface area contributed by atoms with Crippen LogP contribution in [0, 0.1) is 0 Å². The highest BCUT2D eigenvalue weighted by molar-refractivity contribution is 5.85. The number of methoxy groups -OCH3 is 1. The monoisotopic (exact) mass is 343 g/mol. The molecule has 7 heteroatoms. The van der Waals surface area contributed by atoms with E-state index in [4.69, 9.17) is 14.2 Å². The highest BCUT2D eigenvalue weighted by Crippen LogP contribution is 2.49. The van der Waals surface area contributed by atoms with Crippen molar-refractivity contribution < 1.29 is 19.0 Å². The summed E-state index contributed by atoms with van der Waals surface area (Å²) in [5.74, 6) is 2.65. The number of benzene rings is 1. The molecule has 0 saturated heterocycles. The second-order valence-corrected chi connectivity index (χ2v) is 6.76. The minimum Gasteiger partial charge on any atom is -0.486 e. The summed E-state index contributed by atoms with van der Waals surface area (Å²) < 4.78 is 18.0. The van der Waals surface area contributed by atoms with E-state index in [0.29, 0.717) is 30.6 Å². The van der Waals surface area contributed by atoms with E-state index in [1.165, 1.54) is 7.11 Å². The minimum atomic E-state index is -0.692. The molecule has 7 nitrogen and oxygen atoms in total. The van der Waals surface area contributed by atoms with E-state index in [1.54, 1.807) is 4.68 Å². The van der Waals surface area contributed by atoms with E-state index in [0.717, 1.165) is 24.3 Å². The summed E-state index contributed by atoms with van der Waals surface area (Å²) in [6, 6.07) is 5.65. The highest BCUT2D eigenvalue weighted by Gasteiger charge is 2.56. The van der Waals surface area contributed by atoms with Gasteiger partial charge in [0.1, 0.15) is 24.5 Å². The summed E-state index contributed by atoms with van der Waals surface area (Å²) in [6.07, 6.45) is 1.45. The molecule has 0 N–H and O–H groups in total. The minimum absolute atomic E-state index is 0.158. The third-order valence-corrected chi connectivity index (χ3v) is 4.66. The van der Waals surface area contributed by atoms with Crippen LogP contribution in [0.15, 0.2) is 18.2 Å². The van der Waals surface area contributed by atoms with Crippen LogP contribution in [0.25, 0.3) is 5.69 Å². The van der Waals surface area contributed by atoms with Crippen LogP contribution in [0.3, 0.4) is 0 Å². The number of esters is 1. The first-order chi connectivity index (χ1) is 12.0. The summed E-state index contributed by atoms with van der Waals surface area (Å²) in [5.41, 5.74) is 0.108. The normalized spacial score (nSPS) is 17.4. The van der Waals surface area contributed by atoms with E-state index in [2.05, 4.69) is 10.1 Å². The number of aromatic nitrogens is 3. The summed E-state index contributed by atoms with van der Waals surface area (Å²) in [4.78, 5) is 17.0. The van der Waals surface area contributed by atoms with Crippen LogP contribution in [0.4, 0.5) is 0 Å². The maximum atomic E-state index is 12.3. The number of hydrogen-bond acceptors (Lipinski definition) is 6. The molecule has 25 heavy (non-hydrogen) atoms. The summed E-state index contributed by atoms with van der Waals surface area (Å²) in [5, 5.41) is 4.65. The molecule has 4 rings (SSSR count). The smallest absolute Gasteiger partial charge is 0.319 e. The second-order valence-electron chi connectivity index (χ2n) is 6.76. The van der Waals surface area contributed by atoms with E-state index in [-0.39, 0.29) is 11.9 Å². The molecule has 2 aromatic rings. The fraction of sp³-hybridized carbons (Fsp3) is 0.500. The first kappa shape index (κ1) is 15.9. The molecule has 0 amide bonds. The molecule has 1 aromatic heterocycles. The van der Waals surface area contributed by atoms with Gasteiger partial charge < -0.3 is 14.2 Å². The van der Waals surface area contributed by atoms with Crippen LogP contribution in [-0.2, 0) is 14.9 Å². The molecule has 1 aliphatic carbocycles. The number of carbonyl (C=O) groups excluding carboxylic acids is 1. The van der Waals surface area contributed by atoms with Crippen LogP contribution in [0.2, 0.25) is 0 Å². The number of ether oxygens (including phenoxy) is 3. The Balaban J connectivity index is 1.83. The van der Waals surface area contributed by atoms with E-state index in [9.17, 15) is 4.79 Å². The van der Waals surface area contributed by atoms with Crippen LogP contribution in [0.5, 0.6) is 11.5 Å². The van der Waals surface area contributed by atoms with E-state index >= 15 is 0 Å². The Bertz CT molecular complexity index is 824. The zero-order chi connectivity index (χ0) is 17.6. The van der Waals surface area contributed by atoms with Gasteiger partial charge in [0.25, 0.3) is 0 Å². The molecular formula is C18H21N3O4. The summed E-state index contributed by atoms with van der Waals surface area (Å²) in [7, 11) is 1.41. The lowest BCUT2D eigenvalue weighted by atomic mass is 10.1. The van der Waals surface area contributed by atoms with Crippen molar-refractivity contribution in [1.82, 2.24) is 14.8 Å². The average Bonchev–Trinajstić information content (AvgIpc) is 3.31. The van der Waals surface area contributed by atoms with Gasteiger partial charge in [-0.25, -0.2) is 9.67 Å². The van der Waals surface area contributed by atoms with Crippen molar-refractivity contribution in [3.05, 3.63) is 29.8 Å². The van der Waals surface area contributed by atoms with Crippen molar-refractivity contribution in [3.8, 4) is 17.2 Å². The lowest BCUT2D eigenvalue weighted by molar-refractivity contribution is -0.143. The number of carbonyl (C=O) groups is 1. The molecule has 2 aliphatic rings. The molecule has 1 aromatic carbocycles. The molecule has 1 saturated carbocycles. The van der Waals surface area contributed by atoms with Gasteiger partial charge in [0.2, 0.25) is 0 Å². The third-order valence-electron chi connectivity index (χ3n) is 4.66. The Labute approximate surface area is 145 Å². The van der Waals surface area contributed by atoms with Gasteiger partial charge in [-0.3, -0.25) is 4.79 Å². The third kappa shape index (κ3) is 2.54. The quantitative estimate of drug-likeness (QED) is 0.794. The molecule has 0 unspecified atom stereocenters. The van der Waals surface area contributed by atoms with Crippen molar-refractivity contribution in [1.29, 1.82) is 0 Å². The molecule has 132 valence electrons. The number of hydrogen-bond donors (Lipinski definition) is 0. The molecule has 0 atom stereocenters. The Morgan fingerprint density at radius 1 is 1.24 bits per heavy atom. The average molecular weight is 343 g/mol. The zero-order valence-corrected chi connectivity index (χ0v) is 14.6. The van der Waals surface area contributed by atoms with Crippen molar-refractivity contribution in [3.63, 3.8) is 0 Å². The van der Waals surface area contributed by atoms with Crippen molar-refractivity contribution in [2.24, 2.45) is 0 Å². The Kier molecular flexibility index (Phi) is 3.67. The Morgan fingerprint density at radius 3 is 2.60 bits per heavy atom. The fourth-order valence-electron chi connectivity index (χ4n) is 3.07. The molecule has 2 heterocycles. The molecule has 1 fully saturated rings. The van der Waals surface area contributed by atoms with Crippen LogP contribution in [-0.4, -0.2) is 41.1 Å². The topological polar surface area (TPSA) is 75.5 Å². The molecule has 0 bridgehead atoms. The lowest BCUT2D eigenvalue weighted by Crippen LogP contribution is -2.26. The van der Waals surface area contributed by atoms with Gasteiger partial charge in [0, 0.05) is 12.0 Å². The van der Waals surface area contributed by atoms with Gasteiger partial charge in [-0.15, -0.1) is 0 Å². The molecule has 0 radical (unpaired) electrons. The van der Waals surface area contributed by atoms with Gasteiger partial charge in [0.05, 0.1) is 12.8 Å². The van der Waals surface area contributed by atoms with Gasteiger partial charge in [-0.1, -0.05) is 13.8 Å². The zero-order valence-electron chi connectivity index (χ0n) is 14.6. The lowest BCUT2D eigenvalue weighted by Gasteiger charge is -2.19. The first-order valence-electron chi connectivity index (χ1n) is 8.51. The van der Waals surface area contributed by atoms with Crippen LogP contribution in [0.1, 0.15) is 44.3 Å². The van der Waals surface area contributed by atoms with Gasteiger partial charge >= 0.3 is 5.97 Å². The van der Waals surface area contributed by atoms with Crippen LogP contribution >= 0.6 is 0 Å². The number of rotatable bonds is 4. The van der Waals surface area contributed by atoms with E-state index < -0.39 is 5.41 Å². The fourth-order valence-corrected chi connectivity index (χ4v) is 3.07. The highest BCUT2D eigenvalue weighted by atomic mass is 16.6. The predicted molar refractivity (Wildman–Crippen MR) is 89.4 cm³/mol. The van der Waals surface area contributed by atoms with Gasteiger partial charge in [0.15, 0.2) is 17.3 Å². The van der Waals surface area contributed by atoms with Gasteiger partial charge in [-0.2, -0.15) is 5.10 Å². The second kappa shape index (κ2) is 5.75. The van der Waals surface area contributed by atoms with E-state index in [1.807, 2.05) is 32.0 Å².